The quantitative estimate of drug-likeness (QED) is 0.808. The average Bonchev–Trinajstić information content (AvgIpc) is 2.18. The van der Waals surface area contributed by atoms with Gasteiger partial charge in [0.1, 0.15) is 5.82 Å². The first-order valence-corrected chi connectivity index (χ1v) is 5.14. The highest BCUT2D eigenvalue weighted by atomic mass is 19.1. The van der Waals surface area contributed by atoms with Gasteiger partial charge in [-0.05, 0) is 19.9 Å². The summed E-state index contributed by atoms with van der Waals surface area (Å²) in [6.07, 6.45) is 0. The Morgan fingerprint density at radius 3 is 2.60 bits per heavy atom. The van der Waals surface area contributed by atoms with Crippen LogP contribution in [0.4, 0.5) is 4.39 Å². The number of hydrogen-bond donors (Lipinski definition) is 1. The summed E-state index contributed by atoms with van der Waals surface area (Å²) >= 11 is 0. The fourth-order valence-electron chi connectivity index (χ4n) is 1.64. The predicted molar refractivity (Wildman–Crippen MR) is 59.3 cm³/mol. The van der Waals surface area contributed by atoms with Gasteiger partial charge in [0.15, 0.2) is 0 Å². The third kappa shape index (κ3) is 3.61. The van der Waals surface area contributed by atoms with Gasteiger partial charge in [-0.15, -0.1) is 0 Å². The topological polar surface area (TPSA) is 21.3 Å². The van der Waals surface area contributed by atoms with E-state index in [0.717, 1.165) is 0 Å². The fraction of sp³-hybridized carbons (Fsp3) is 0.500. The summed E-state index contributed by atoms with van der Waals surface area (Å²) in [6.45, 7) is 4.59. The molecule has 15 heavy (non-hydrogen) atoms. The molecule has 0 amide bonds. The van der Waals surface area contributed by atoms with Gasteiger partial charge in [0, 0.05) is 24.8 Å². The second kappa shape index (κ2) is 5.83. The van der Waals surface area contributed by atoms with Crippen molar-refractivity contribution in [1.29, 1.82) is 0 Å². The van der Waals surface area contributed by atoms with Gasteiger partial charge in [0.25, 0.3) is 0 Å². The molecule has 2 unspecified atom stereocenters. The maximum atomic E-state index is 13.4. The Bertz CT molecular complexity index is 303. The molecule has 0 aliphatic heterocycles. The molecule has 1 aromatic carbocycles. The van der Waals surface area contributed by atoms with Crippen LogP contribution < -0.4 is 5.32 Å². The summed E-state index contributed by atoms with van der Waals surface area (Å²) < 4.78 is 18.4. The Morgan fingerprint density at radius 2 is 2.00 bits per heavy atom. The molecule has 3 heteroatoms. The fourth-order valence-corrected chi connectivity index (χ4v) is 1.64. The van der Waals surface area contributed by atoms with Crippen LogP contribution in [0.25, 0.3) is 0 Å². The summed E-state index contributed by atoms with van der Waals surface area (Å²) in [6, 6.07) is 7.03. The van der Waals surface area contributed by atoms with Gasteiger partial charge in [-0.1, -0.05) is 18.2 Å². The third-order valence-corrected chi connectivity index (χ3v) is 2.32. The number of hydrogen-bond acceptors (Lipinski definition) is 2. The van der Waals surface area contributed by atoms with Gasteiger partial charge in [-0.3, -0.25) is 0 Å². The Hall–Kier alpha value is -0.930. The predicted octanol–water partition coefficient (Wildman–Crippen LogP) is 2.51. The molecule has 0 fully saturated rings. The van der Waals surface area contributed by atoms with E-state index in [0.29, 0.717) is 12.2 Å². The second-order valence-electron chi connectivity index (χ2n) is 3.77. The van der Waals surface area contributed by atoms with Crippen molar-refractivity contribution in [3.05, 3.63) is 35.6 Å². The lowest BCUT2D eigenvalue weighted by molar-refractivity contribution is 0.167. The van der Waals surface area contributed by atoms with Crippen LogP contribution in [0.5, 0.6) is 0 Å². The minimum absolute atomic E-state index is 0.00338. The van der Waals surface area contributed by atoms with Crippen LogP contribution in [-0.4, -0.2) is 19.8 Å². The van der Waals surface area contributed by atoms with E-state index in [2.05, 4.69) is 5.32 Å². The van der Waals surface area contributed by atoms with Crippen molar-refractivity contribution in [3.63, 3.8) is 0 Å². The van der Waals surface area contributed by atoms with Gasteiger partial charge < -0.3 is 10.1 Å². The smallest absolute Gasteiger partial charge is 0.127 e. The first kappa shape index (κ1) is 12.1. The lowest BCUT2D eigenvalue weighted by atomic mass is 10.1. The van der Waals surface area contributed by atoms with E-state index in [1.165, 1.54) is 6.07 Å². The maximum Gasteiger partial charge on any atom is 0.127 e. The highest BCUT2D eigenvalue weighted by molar-refractivity contribution is 5.20. The first-order chi connectivity index (χ1) is 7.15. The molecule has 0 radical (unpaired) electrons. The minimum atomic E-state index is -0.165. The molecule has 0 saturated carbocycles. The number of halogens is 1. The minimum Gasteiger partial charge on any atom is -0.383 e. The standard InChI is InChI=1S/C12H18FNO/c1-9(8-15-3)14-10(2)11-6-4-5-7-12(11)13/h4-7,9-10,14H,8H2,1-3H3. The van der Waals surface area contributed by atoms with E-state index >= 15 is 0 Å². The number of nitrogens with one attached hydrogen (secondary N) is 1. The summed E-state index contributed by atoms with van der Waals surface area (Å²) in [7, 11) is 1.66. The molecule has 0 aromatic heterocycles. The van der Waals surface area contributed by atoms with E-state index in [1.807, 2.05) is 19.9 Å². The Kier molecular flexibility index (Phi) is 4.72. The van der Waals surface area contributed by atoms with Crippen LogP contribution in [0.1, 0.15) is 25.5 Å². The molecule has 1 aromatic rings. The van der Waals surface area contributed by atoms with E-state index in [4.69, 9.17) is 4.74 Å². The van der Waals surface area contributed by atoms with Gasteiger partial charge in [0.05, 0.1) is 6.61 Å². The lowest BCUT2D eigenvalue weighted by Gasteiger charge is -2.20. The van der Waals surface area contributed by atoms with E-state index < -0.39 is 0 Å². The van der Waals surface area contributed by atoms with Crippen molar-refractivity contribution in [1.82, 2.24) is 5.32 Å². The monoisotopic (exact) mass is 211 g/mol. The van der Waals surface area contributed by atoms with Crippen LogP contribution in [0, 0.1) is 5.82 Å². The Labute approximate surface area is 90.4 Å². The zero-order valence-corrected chi connectivity index (χ0v) is 9.46. The molecule has 0 bridgehead atoms. The second-order valence-corrected chi connectivity index (χ2v) is 3.77. The number of rotatable bonds is 5. The van der Waals surface area contributed by atoms with Crippen LogP contribution in [0.2, 0.25) is 0 Å². The molecule has 84 valence electrons. The van der Waals surface area contributed by atoms with Crippen LogP contribution in [0.15, 0.2) is 24.3 Å². The zero-order valence-electron chi connectivity index (χ0n) is 9.46. The molecular formula is C12H18FNO. The summed E-state index contributed by atoms with van der Waals surface area (Å²) in [5, 5.41) is 3.27. The molecule has 0 spiro atoms. The zero-order chi connectivity index (χ0) is 11.3. The first-order valence-electron chi connectivity index (χ1n) is 5.14. The van der Waals surface area contributed by atoms with E-state index in [1.54, 1.807) is 19.2 Å². The molecule has 0 saturated heterocycles. The molecule has 1 rings (SSSR count). The van der Waals surface area contributed by atoms with Crippen molar-refractivity contribution < 1.29 is 9.13 Å². The summed E-state index contributed by atoms with van der Waals surface area (Å²) in [5.41, 5.74) is 0.695. The maximum absolute atomic E-state index is 13.4. The van der Waals surface area contributed by atoms with Crippen LogP contribution in [0.3, 0.4) is 0 Å². The number of ether oxygens (including phenoxy) is 1. The number of benzene rings is 1. The van der Waals surface area contributed by atoms with Crippen molar-refractivity contribution in [2.45, 2.75) is 25.9 Å². The van der Waals surface area contributed by atoms with Crippen LogP contribution >= 0.6 is 0 Å². The molecule has 0 aliphatic carbocycles. The van der Waals surface area contributed by atoms with Crippen molar-refractivity contribution in [2.75, 3.05) is 13.7 Å². The van der Waals surface area contributed by atoms with E-state index in [-0.39, 0.29) is 17.9 Å². The highest BCUT2D eigenvalue weighted by Crippen LogP contribution is 2.16. The van der Waals surface area contributed by atoms with Crippen molar-refractivity contribution in [3.8, 4) is 0 Å². The van der Waals surface area contributed by atoms with Crippen LogP contribution in [-0.2, 0) is 4.74 Å². The molecule has 2 nitrogen and oxygen atoms in total. The van der Waals surface area contributed by atoms with Gasteiger partial charge in [-0.2, -0.15) is 0 Å². The largest absolute Gasteiger partial charge is 0.383 e. The summed E-state index contributed by atoms with van der Waals surface area (Å²) in [4.78, 5) is 0. The average molecular weight is 211 g/mol. The van der Waals surface area contributed by atoms with Crippen molar-refractivity contribution in [2.24, 2.45) is 0 Å². The molecule has 0 aliphatic rings. The van der Waals surface area contributed by atoms with E-state index in [9.17, 15) is 4.39 Å². The Morgan fingerprint density at radius 1 is 1.33 bits per heavy atom. The Balaban J connectivity index is 2.61. The third-order valence-electron chi connectivity index (χ3n) is 2.32. The normalized spacial score (nSPS) is 14.9. The van der Waals surface area contributed by atoms with Gasteiger partial charge in [-0.25, -0.2) is 4.39 Å². The molecule has 1 N–H and O–H groups in total. The number of methoxy groups -OCH3 is 1. The van der Waals surface area contributed by atoms with Gasteiger partial charge >= 0.3 is 0 Å². The van der Waals surface area contributed by atoms with Gasteiger partial charge in [0.2, 0.25) is 0 Å². The van der Waals surface area contributed by atoms with Crippen molar-refractivity contribution >= 4 is 0 Å². The molecule has 2 atom stereocenters. The SMILES string of the molecule is COCC(C)NC(C)c1ccccc1F. The summed E-state index contributed by atoms with van der Waals surface area (Å²) in [5.74, 6) is -0.165. The lowest BCUT2D eigenvalue weighted by Crippen LogP contribution is -2.32. The molecular weight excluding hydrogens is 193 g/mol. The molecule has 0 heterocycles. The highest BCUT2D eigenvalue weighted by Gasteiger charge is 2.12.